The fourth-order valence-electron chi connectivity index (χ4n) is 2.31. The number of nitrogens with two attached hydrogens (primary N) is 1. The molecule has 2 rings (SSSR count). The van der Waals surface area contributed by atoms with Crippen LogP contribution in [0.25, 0.3) is 0 Å². The van der Waals surface area contributed by atoms with Gasteiger partial charge in [-0.3, -0.25) is 0 Å². The molecule has 0 saturated carbocycles. The van der Waals surface area contributed by atoms with E-state index in [-0.39, 0.29) is 5.60 Å². The lowest BCUT2D eigenvalue weighted by Gasteiger charge is -2.23. The smallest absolute Gasteiger partial charge is 0.239 e. The Bertz CT molecular complexity index is 443. The predicted molar refractivity (Wildman–Crippen MR) is 79.6 cm³/mol. The maximum absolute atomic E-state index is 5.94. The molecule has 0 radical (unpaired) electrons. The normalized spacial score (nSPS) is 23.7. The van der Waals surface area contributed by atoms with Crippen molar-refractivity contribution in [3.63, 3.8) is 0 Å². The van der Waals surface area contributed by atoms with Gasteiger partial charge in [-0.1, -0.05) is 13.8 Å². The van der Waals surface area contributed by atoms with Gasteiger partial charge in [0.05, 0.1) is 5.69 Å². The zero-order chi connectivity index (χ0) is 14.2. The molecule has 1 aromatic rings. The highest BCUT2D eigenvalue weighted by atomic mass is 16.5. The molecule has 4 nitrogen and oxygen atoms in total. The van der Waals surface area contributed by atoms with Crippen LogP contribution in [0.3, 0.4) is 0 Å². The van der Waals surface area contributed by atoms with Crippen LogP contribution in [-0.2, 0) is 0 Å². The van der Waals surface area contributed by atoms with Gasteiger partial charge in [-0.15, -0.1) is 0 Å². The Hall–Kier alpha value is -1.45. The quantitative estimate of drug-likeness (QED) is 0.891. The van der Waals surface area contributed by atoms with Crippen molar-refractivity contribution in [1.82, 2.24) is 4.98 Å². The van der Waals surface area contributed by atoms with E-state index >= 15 is 0 Å². The van der Waals surface area contributed by atoms with E-state index in [1.54, 1.807) is 0 Å². The van der Waals surface area contributed by atoms with Crippen molar-refractivity contribution in [3.8, 4) is 5.88 Å². The first kappa shape index (κ1) is 14.0. The number of hydrogen-bond donors (Lipinski definition) is 1. The van der Waals surface area contributed by atoms with Crippen LogP contribution in [0.15, 0.2) is 12.1 Å². The molecule has 1 aliphatic rings. The summed E-state index contributed by atoms with van der Waals surface area (Å²) in [6.07, 6.45) is 0. The van der Waals surface area contributed by atoms with E-state index in [0.29, 0.717) is 23.4 Å². The Labute approximate surface area is 116 Å². The molecule has 1 saturated heterocycles. The standard InChI is InChI=1S/C15H25N3O/c1-10-8-18(9-11(10)2)13-7-6-12(16)14(17-13)19-15(3,4)5/h6-7,10-11H,8-9,16H2,1-5H3. The third kappa shape index (κ3) is 3.31. The predicted octanol–water partition coefficient (Wildman–Crippen LogP) is 2.93. The highest BCUT2D eigenvalue weighted by Crippen LogP contribution is 2.30. The summed E-state index contributed by atoms with van der Waals surface area (Å²) in [4.78, 5) is 6.90. The molecular formula is C15H25N3O. The Balaban J connectivity index is 2.22. The van der Waals surface area contributed by atoms with E-state index in [4.69, 9.17) is 10.5 Å². The molecule has 1 aliphatic heterocycles. The minimum atomic E-state index is -0.286. The average Bonchev–Trinajstić information content (AvgIpc) is 2.60. The molecule has 1 fully saturated rings. The zero-order valence-corrected chi connectivity index (χ0v) is 12.6. The van der Waals surface area contributed by atoms with Crippen LogP contribution in [-0.4, -0.2) is 23.7 Å². The number of rotatable bonds is 2. The van der Waals surface area contributed by atoms with Crippen molar-refractivity contribution in [1.29, 1.82) is 0 Å². The average molecular weight is 263 g/mol. The van der Waals surface area contributed by atoms with E-state index in [2.05, 4.69) is 23.7 Å². The van der Waals surface area contributed by atoms with Crippen molar-refractivity contribution in [2.45, 2.75) is 40.2 Å². The van der Waals surface area contributed by atoms with Gasteiger partial charge in [0.25, 0.3) is 0 Å². The lowest BCUT2D eigenvalue weighted by atomic mass is 10.0. The summed E-state index contributed by atoms with van der Waals surface area (Å²) in [6.45, 7) is 12.7. The summed E-state index contributed by atoms with van der Waals surface area (Å²) < 4.78 is 5.82. The fourth-order valence-corrected chi connectivity index (χ4v) is 2.31. The summed E-state index contributed by atoms with van der Waals surface area (Å²) in [5.41, 5.74) is 6.25. The van der Waals surface area contributed by atoms with E-state index in [1.165, 1.54) is 0 Å². The van der Waals surface area contributed by atoms with Gasteiger partial charge in [0.1, 0.15) is 11.4 Å². The van der Waals surface area contributed by atoms with Gasteiger partial charge in [-0.25, -0.2) is 0 Å². The molecule has 0 bridgehead atoms. The highest BCUT2D eigenvalue weighted by Gasteiger charge is 2.27. The van der Waals surface area contributed by atoms with Gasteiger partial charge < -0.3 is 15.4 Å². The summed E-state index contributed by atoms with van der Waals surface area (Å²) in [7, 11) is 0. The number of anilines is 2. The third-order valence-electron chi connectivity index (χ3n) is 3.59. The summed E-state index contributed by atoms with van der Waals surface area (Å²) in [5, 5.41) is 0. The molecule has 0 aromatic carbocycles. The first-order valence-corrected chi connectivity index (χ1v) is 6.97. The van der Waals surface area contributed by atoms with Crippen LogP contribution in [0, 0.1) is 11.8 Å². The van der Waals surface area contributed by atoms with Gasteiger partial charge >= 0.3 is 0 Å². The zero-order valence-electron chi connectivity index (χ0n) is 12.6. The number of ether oxygens (including phenoxy) is 1. The van der Waals surface area contributed by atoms with E-state index < -0.39 is 0 Å². The molecule has 19 heavy (non-hydrogen) atoms. The van der Waals surface area contributed by atoms with Crippen LogP contribution < -0.4 is 15.4 Å². The second kappa shape index (κ2) is 4.91. The summed E-state index contributed by atoms with van der Waals surface area (Å²) in [6, 6.07) is 3.87. The minimum Gasteiger partial charge on any atom is -0.470 e. The lowest BCUT2D eigenvalue weighted by molar-refractivity contribution is 0.125. The van der Waals surface area contributed by atoms with Gasteiger partial charge in [-0.2, -0.15) is 4.98 Å². The molecule has 4 heteroatoms. The van der Waals surface area contributed by atoms with Crippen LogP contribution in [0.1, 0.15) is 34.6 Å². The molecule has 0 spiro atoms. The SMILES string of the molecule is CC1CN(c2ccc(N)c(OC(C)(C)C)n2)CC1C. The number of pyridine rings is 1. The molecule has 2 unspecified atom stereocenters. The molecule has 0 aliphatic carbocycles. The fraction of sp³-hybridized carbons (Fsp3) is 0.667. The Kier molecular flexibility index (Phi) is 3.61. The van der Waals surface area contributed by atoms with Crippen molar-refractivity contribution >= 4 is 11.5 Å². The number of aromatic nitrogens is 1. The molecule has 2 heterocycles. The van der Waals surface area contributed by atoms with Crippen molar-refractivity contribution in [2.75, 3.05) is 23.7 Å². The van der Waals surface area contributed by atoms with Crippen molar-refractivity contribution < 1.29 is 4.74 Å². The topological polar surface area (TPSA) is 51.4 Å². The van der Waals surface area contributed by atoms with E-state index in [9.17, 15) is 0 Å². The van der Waals surface area contributed by atoms with E-state index in [1.807, 2.05) is 32.9 Å². The Morgan fingerprint density at radius 3 is 2.32 bits per heavy atom. The number of hydrogen-bond acceptors (Lipinski definition) is 4. The molecular weight excluding hydrogens is 238 g/mol. The van der Waals surface area contributed by atoms with Gasteiger partial charge in [0.2, 0.25) is 5.88 Å². The number of nitrogen functional groups attached to an aromatic ring is 1. The maximum atomic E-state index is 5.94. The van der Waals surface area contributed by atoms with Crippen molar-refractivity contribution in [2.24, 2.45) is 11.8 Å². The molecule has 2 N–H and O–H groups in total. The van der Waals surface area contributed by atoms with Gasteiger partial charge in [-0.05, 0) is 44.7 Å². The molecule has 106 valence electrons. The van der Waals surface area contributed by atoms with Crippen LogP contribution in [0.2, 0.25) is 0 Å². The van der Waals surface area contributed by atoms with E-state index in [0.717, 1.165) is 18.9 Å². The first-order chi connectivity index (χ1) is 8.76. The maximum Gasteiger partial charge on any atom is 0.239 e. The van der Waals surface area contributed by atoms with Crippen LogP contribution in [0.5, 0.6) is 5.88 Å². The Morgan fingerprint density at radius 1 is 1.21 bits per heavy atom. The second-order valence-electron chi connectivity index (χ2n) is 6.64. The highest BCUT2D eigenvalue weighted by molar-refractivity contribution is 5.55. The summed E-state index contributed by atoms with van der Waals surface area (Å²) in [5.74, 6) is 2.90. The number of nitrogens with zero attached hydrogens (tertiary/aromatic N) is 2. The Morgan fingerprint density at radius 2 is 1.79 bits per heavy atom. The monoisotopic (exact) mass is 263 g/mol. The molecule has 1 aromatic heterocycles. The molecule has 0 amide bonds. The molecule has 2 atom stereocenters. The van der Waals surface area contributed by atoms with Crippen LogP contribution in [0.4, 0.5) is 11.5 Å². The lowest BCUT2D eigenvalue weighted by Crippen LogP contribution is -2.25. The first-order valence-electron chi connectivity index (χ1n) is 6.97. The largest absolute Gasteiger partial charge is 0.470 e. The van der Waals surface area contributed by atoms with Crippen LogP contribution >= 0.6 is 0 Å². The van der Waals surface area contributed by atoms with Gasteiger partial charge in [0.15, 0.2) is 0 Å². The minimum absolute atomic E-state index is 0.286. The van der Waals surface area contributed by atoms with Gasteiger partial charge in [0, 0.05) is 13.1 Å². The van der Waals surface area contributed by atoms with Crippen molar-refractivity contribution in [3.05, 3.63) is 12.1 Å². The third-order valence-corrected chi connectivity index (χ3v) is 3.59. The summed E-state index contributed by atoms with van der Waals surface area (Å²) >= 11 is 0. The second-order valence-corrected chi connectivity index (χ2v) is 6.64.